The Bertz CT molecular complexity index is 657. The number of nitrogens with zero attached hydrogens (tertiary/aromatic N) is 2. The Morgan fingerprint density at radius 2 is 2.35 bits per heavy atom. The average molecular weight is 291 g/mol. The first kappa shape index (κ1) is 14.0. The molecule has 0 aliphatic heterocycles. The molecule has 2 heterocycles. The Balaban J connectivity index is 1.91. The van der Waals surface area contributed by atoms with Crippen LogP contribution < -0.4 is 5.32 Å². The topological polar surface area (TPSA) is 84.2 Å². The Kier molecular flexibility index (Phi) is 4.31. The fourth-order valence-corrected chi connectivity index (χ4v) is 2.35. The third-order valence-electron chi connectivity index (χ3n) is 2.48. The molecule has 7 heteroatoms. The summed E-state index contributed by atoms with van der Waals surface area (Å²) in [5.41, 5.74) is 1.32. The van der Waals surface area contributed by atoms with Gasteiger partial charge in [0, 0.05) is 24.2 Å². The zero-order chi connectivity index (χ0) is 14.5. The van der Waals surface area contributed by atoms with Gasteiger partial charge in [0.05, 0.1) is 18.3 Å². The molecule has 0 saturated carbocycles. The van der Waals surface area contributed by atoms with E-state index in [1.54, 1.807) is 17.9 Å². The maximum atomic E-state index is 11.8. The van der Waals surface area contributed by atoms with Gasteiger partial charge in [0.15, 0.2) is 0 Å². The maximum Gasteiger partial charge on any atom is 0.328 e. The lowest BCUT2D eigenvalue weighted by Crippen LogP contribution is -2.21. The fraction of sp³-hybridized carbons (Fsp3) is 0.154. The first-order chi connectivity index (χ1) is 9.54. The Hall–Kier alpha value is -2.41. The summed E-state index contributed by atoms with van der Waals surface area (Å²) in [7, 11) is 1.75. The van der Waals surface area contributed by atoms with Crippen LogP contribution in [0, 0.1) is 0 Å². The molecule has 2 aromatic rings. The zero-order valence-electron chi connectivity index (χ0n) is 10.7. The van der Waals surface area contributed by atoms with Crippen LogP contribution in [-0.4, -0.2) is 26.8 Å². The highest BCUT2D eigenvalue weighted by Gasteiger charge is 2.07. The number of hydrogen-bond acceptors (Lipinski definition) is 4. The van der Waals surface area contributed by atoms with Crippen molar-refractivity contribution in [3.05, 3.63) is 45.9 Å². The standard InChI is InChI=1S/C13H13N3O3S/c1-16-7-10(5-15-16)13(19)14-6-11-4-9(8-20-11)2-3-12(17)18/h2-5,7-8H,6H2,1H3,(H,14,19)(H,17,18). The number of aliphatic carboxylic acids is 1. The maximum absolute atomic E-state index is 11.8. The number of rotatable bonds is 5. The van der Waals surface area contributed by atoms with E-state index in [4.69, 9.17) is 5.11 Å². The molecule has 104 valence electrons. The van der Waals surface area contributed by atoms with Crippen molar-refractivity contribution in [3.8, 4) is 0 Å². The van der Waals surface area contributed by atoms with Gasteiger partial charge in [-0.15, -0.1) is 11.3 Å². The molecule has 0 aliphatic rings. The van der Waals surface area contributed by atoms with Crippen molar-refractivity contribution in [1.29, 1.82) is 0 Å². The van der Waals surface area contributed by atoms with Crippen molar-refractivity contribution in [1.82, 2.24) is 15.1 Å². The fourth-order valence-electron chi connectivity index (χ4n) is 1.55. The summed E-state index contributed by atoms with van der Waals surface area (Å²) in [6, 6.07) is 1.84. The van der Waals surface area contributed by atoms with Crippen LogP contribution in [0.2, 0.25) is 0 Å². The average Bonchev–Trinajstić information content (AvgIpc) is 3.02. The predicted octanol–water partition coefficient (Wildman–Crippen LogP) is 1.51. The second-order valence-electron chi connectivity index (χ2n) is 4.10. The molecule has 0 fully saturated rings. The van der Waals surface area contributed by atoms with Gasteiger partial charge in [0.25, 0.3) is 5.91 Å². The molecule has 6 nitrogen and oxygen atoms in total. The van der Waals surface area contributed by atoms with Crippen LogP contribution in [0.15, 0.2) is 29.9 Å². The first-order valence-electron chi connectivity index (χ1n) is 5.80. The summed E-state index contributed by atoms with van der Waals surface area (Å²) in [5, 5.41) is 17.1. The molecular formula is C13H13N3O3S. The van der Waals surface area contributed by atoms with Crippen LogP contribution in [0.4, 0.5) is 0 Å². The summed E-state index contributed by atoms with van der Waals surface area (Å²) >= 11 is 1.46. The van der Waals surface area contributed by atoms with E-state index in [0.717, 1.165) is 16.5 Å². The van der Waals surface area contributed by atoms with Crippen LogP contribution in [0.5, 0.6) is 0 Å². The van der Waals surface area contributed by atoms with Gasteiger partial charge in [0.1, 0.15) is 0 Å². The van der Waals surface area contributed by atoms with Crippen LogP contribution in [0.1, 0.15) is 20.8 Å². The quantitative estimate of drug-likeness (QED) is 0.818. The zero-order valence-corrected chi connectivity index (χ0v) is 11.6. The minimum Gasteiger partial charge on any atom is -0.478 e. The molecule has 0 bridgehead atoms. The van der Waals surface area contributed by atoms with Crippen molar-refractivity contribution in [2.75, 3.05) is 0 Å². The summed E-state index contributed by atoms with van der Waals surface area (Å²) in [5.74, 6) is -1.17. The van der Waals surface area contributed by atoms with E-state index >= 15 is 0 Å². The molecular weight excluding hydrogens is 278 g/mol. The number of amides is 1. The largest absolute Gasteiger partial charge is 0.478 e. The van der Waals surface area contributed by atoms with Gasteiger partial charge in [-0.1, -0.05) is 0 Å². The number of hydrogen-bond donors (Lipinski definition) is 2. The lowest BCUT2D eigenvalue weighted by Gasteiger charge is -2.00. The number of carbonyl (C=O) groups excluding carboxylic acids is 1. The molecule has 1 amide bonds. The van der Waals surface area contributed by atoms with E-state index in [9.17, 15) is 9.59 Å². The summed E-state index contributed by atoms with van der Waals surface area (Å²) in [4.78, 5) is 23.2. The second kappa shape index (κ2) is 6.16. The van der Waals surface area contributed by atoms with Crippen LogP contribution in [0.3, 0.4) is 0 Å². The smallest absolute Gasteiger partial charge is 0.328 e. The molecule has 0 aliphatic carbocycles. The minimum absolute atomic E-state index is 0.186. The molecule has 20 heavy (non-hydrogen) atoms. The van der Waals surface area contributed by atoms with Crippen LogP contribution in [0.25, 0.3) is 6.08 Å². The van der Waals surface area contributed by atoms with E-state index in [1.165, 1.54) is 23.6 Å². The predicted molar refractivity (Wildman–Crippen MR) is 75.4 cm³/mol. The molecule has 2 aromatic heterocycles. The summed E-state index contributed by atoms with van der Waals surface area (Å²) in [6.07, 6.45) is 5.75. The van der Waals surface area contributed by atoms with Crippen molar-refractivity contribution < 1.29 is 14.7 Å². The van der Waals surface area contributed by atoms with Gasteiger partial charge in [-0.05, 0) is 23.1 Å². The van der Waals surface area contributed by atoms with Crippen LogP contribution in [-0.2, 0) is 18.4 Å². The molecule has 0 atom stereocenters. The van der Waals surface area contributed by atoms with Gasteiger partial charge in [-0.25, -0.2) is 4.79 Å². The Morgan fingerprint density at radius 1 is 1.55 bits per heavy atom. The third-order valence-corrected chi connectivity index (χ3v) is 3.44. The SMILES string of the molecule is Cn1cc(C(=O)NCc2cc(C=CC(=O)O)cs2)cn1. The number of carboxylic acid groups (broad SMARTS) is 1. The summed E-state index contributed by atoms with van der Waals surface area (Å²) < 4.78 is 1.56. The monoisotopic (exact) mass is 291 g/mol. The van der Waals surface area contributed by atoms with E-state index in [0.29, 0.717) is 12.1 Å². The van der Waals surface area contributed by atoms with Gasteiger partial charge in [0.2, 0.25) is 0 Å². The third kappa shape index (κ3) is 3.79. The molecule has 0 radical (unpaired) electrons. The number of aromatic nitrogens is 2. The number of thiophene rings is 1. The molecule has 0 unspecified atom stereocenters. The van der Waals surface area contributed by atoms with Crippen molar-refractivity contribution in [2.24, 2.45) is 7.05 Å². The second-order valence-corrected chi connectivity index (χ2v) is 5.10. The molecule has 2 rings (SSSR count). The minimum atomic E-state index is -0.984. The van der Waals surface area contributed by atoms with E-state index in [1.807, 2.05) is 11.4 Å². The highest BCUT2D eigenvalue weighted by Crippen LogP contribution is 2.16. The van der Waals surface area contributed by atoms with Crippen LogP contribution >= 0.6 is 11.3 Å². The van der Waals surface area contributed by atoms with Gasteiger partial charge in [-0.2, -0.15) is 5.10 Å². The number of aryl methyl sites for hydroxylation is 1. The van der Waals surface area contributed by atoms with Crippen molar-refractivity contribution in [3.63, 3.8) is 0 Å². The number of nitrogens with one attached hydrogen (secondary N) is 1. The molecule has 0 spiro atoms. The highest BCUT2D eigenvalue weighted by molar-refractivity contribution is 7.10. The highest BCUT2D eigenvalue weighted by atomic mass is 32.1. The van der Waals surface area contributed by atoms with E-state index in [2.05, 4.69) is 10.4 Å². The lowest BCUT2D eigenvalue weighted by atomic mass is 10.3. The Morgan fingerprint density at radius 3 is 3.00 bits per heavy atom. The molecule has 0 aromatic carbocycles. The van der Waals surface area contributed by atoms with E-state index in [-0.39, 0.29) is 5.91 Å². The van der Waals surface area contributed by atoms with Gasteiger partial charge < -0.3 is 10.4 Å². The van der Waals surface area contributed by atoms with Gasteiger partial charge in [-0.3, -0.25) is 9.48 Å². The first-order valence-corrected chi connectivity index (χ1v) is 6.68. The van der Waals surface area contributed by atoms with E-state index < -0.39 is 5.97 Å². The normalized spacial score (nSPS) is 10.8. The summed E-state index contributed by atoms with van der Waals surface area (Å²) in [6.45, 7) is 0.402. The number of carbonyl (C=O) groups is 2. The van der Waals surface area contributed by atoms with Crippen molar-refractivity contribution >= 4 is 29.3 Å². The molecule has 0 saturated heterocycles. The van der Waals surface area contributed by atoms with Crippen molar-refractivity contribution in [2.45, 2.75) is 6.54 Å². The lowest BCUT2D eigenvalue weighted by molar-refractivity contribution is -0.131. The molecule has 2 N–H and O–H groups in total. The van der Waals surface area contributed by atoms with Gasteiger partial charge >= 0.3 is 5.97 Å². The number of carboxylic acids is 1. The Labute approximate surface area is 119 Å².